The molecule has 7 rings (SSSR count). The van der Waals surface area contributed by atoms with Gasteiger partial charge in [0.1, 0.15) is 17.9 Å². The molecule has 3 aromatic heterocycles. The standard InChI is InChI=1S/C29H28N6O2/c30-22-7-4-10-33(18-22)29(36)21-13-23-27-26(15-21)37-12-11-34(27)28(32-23)25-14-20-6-1-2-8-24(20)35(25)17-19-5-3-9-31-16-19/h1-3,5-6,8-9,13-16,22H,4,7,10-12,17-18,30H2/t22-/m1/s1. The van der Waals surface area contributed by atoms with Crippen molar-refractivity contribution in [2.24, 2.45) is 5.73 Å². The van der Waals surface area contributed by atoms with Gasteiger partial charge in [0.05, 0.1) is 17.8 Å². The number of nitrogens with zero attached hydrogens (tertiary/aromatic N) is 5. The topological polar surface area (TPSA) is 91.2 Å². The fourth-order valence-electron chi connectivity index (χ4n) is 5.74. The number of pyridine rings is 1. The summed E-state index contributed by atoms with van der Waals surface area (Å²) in [6.07, 6.45) is 5.58. The van der Waals surface area contributed by atoms with Gasteiger partial charge in [-0.2, -0.15) is 0 Å². The molecule has 1 fully saturated rings. The minimum absolute atomic E-state index is 0.00994. The van der Waals surface area contributed by atoms with Crippen LogP contribution >= 0.6 is 0 Å². The zero-order valence-electron chi connectivity index (χ0n) is 20.5. The van der Waals surface area contributed by atoms with Gasteiger partial charge in [-0.05, 0) is 48.7 Å². The van der Waals surface area contributed by atoms with Crippen LogP contribution in [0, 0.1) is 0 Å². The molecule has 5 aromatic rings. The molecule has 0 unspecified atom stereocenters. The minimum atomic E-state index is -0.00994. The third-order valence-corrected chi connectivity index (χ3v) is 7.47. The molecule has 2 N–H and O–H groups in total. The van der Waals surface area contributed by atoms with E-state index in [1.54, 1.807) is 6.20 Å². The van der Waals surface area contributed by atoms with Gasteiger partial charge in [-0.1, -0.05) is 24.3 Å². The lowest BCUT2D eigenvalue weighted by Crippen LogP contribution is -2.45. The summed E-state index contributed by atoms with van der Waals surface area (Å²) in [5, 5.41) is 1.16. The molecule has 186 valence electrons. The second-order valence-corrected chi connectivity index (χ2v) is 9.97. The van der Waals surface area contributed by atoms with Crippen molar-refractivity contribution in [2.75, 3.05) is 19.7 Å². The maximum atomic E-state index is 13.4. The molecule has 1 amide bonds. The Hall–Kier alpha value is -4.17. The number of rotatable bonds is 4. The lowest BCUT2D eigenvalue weighted by Gasteiger charge is -2.31. The Labute approximate surface area is 214 Å². The molecule has 2 aromatic carbocycles. The number of carbonyl (C=O) groups is 1. The number of hydrogen-bond acceptors (Lipinski definition) is 5. The fraction of sp³-hybridized carbons (Fsp3) is 0.276. The molecule has 2 aliphatic rings. The van der Waals surface area contributed by atoms with E-state index in [2.05, 4.69) is 50.5 Å². The summed E-state index contributed by atoms with van der Waals surface area (Å²) in [5.41, 5.74) is 11.8. The largest absolute Gasteiger partial charge is 0.489 e. The number of piperidine rings is 1. The van der Waals surface area contributed by atoms with Gasteiger partial charge in [0, 0.05) is 54.5 Å². The van der Waals surface area contributed by atoms with E-state index in [1.807, 2.05) is 29.3 Å². The lowest BCUT2D eigenvalue weighted by atomic mass is 10.0. The highest BCUT2D eigenvalue weighted by molar-refractivity contribution is 6.00. The zero-order valence-corrected chi connectivity index (χ0v) is 20.5. The summed E-state index contributed by atoms with van der Waals surface area (Å²) in [5.74, 6) is 1.58. The second kappa shape index (κ2) is 8.74. The van der Waals surface area contributed by atoms with Crippen LogP contribution in [0.5, 0.6) is 5.75 Å². The predicted molar refractivity (Wildman–Crippen MR) is 143 cm³/mol. The second-order valence-electron chi connectivity index (χ2n) is 9.97. The first kappa shape index (κ1) is 22.1. The van der Waals surface area contributed by atoms with Crippen molar-refractivity contribution in [3.8, 4) is 17.3 Å². The van der Waals surface area contributed by atoms with E-state index in [0.717, 1.165) is 58.4 Å². The highest BCUT2D eigenvalue weighted by Gasteiger charge is 2.27. The summed E-state index contributed by atoms with van der Waals surface area (Å²) in [7, 11) is 0. The van der Waals surface area contributed by atoms with Gasteiger partial charge >= 0.3 is 0 Å². The van der Waals surface area contributed by atoms with Crippen molar-refractivity contribution in [2.45, 2.75) is 32.0 Å². The monoisotopic (exact) mass is 492 g/mol. The Kier molecular flexibility index (Phi) is 5.21. The quantitative estimate of drug-likeness (QED) is 0.409. The summed E-state index contributed by atoms with van der Waals surface area (Å²) < 4.78 is 10.6. The molecule has 0 spiro atoms. The van der Waals surface area contributed by atoms with Gasteiger partial charge in [-0.15, -0.1) is 0 Å². The minimum Gasteiger partial charge on any atom is -0.489 e. The van der Waals surface area contributed by atoms with Crippen molar-refractivity contribution in [3.63, 3.8) is 0 Å². The van der Waals surface area contributed by atoms with Crippen LogP contribution in [0.2, 0.25) is 0 Å². The number of benzene rings is 2. The number of ether oxygens (including phenoxy) is 1. The highest BCUT2D eigenvalue weighted by atomic mass is 16.5. The summed E-state index contributed by atoms with van der Waals surface area (Å²) >= 11 is 0. The Morgan fingerprint density at radius 1 is 1.11 bits per heavy atom. The number of hydrogen-bond donors (Lipinski definition) is 1. The van der Waals surface area contributed by atoms with Crippen LogP contribution in [-0.2, 0) is 13.1 Å². The number of para-hydroxylation sites is 1. The molecule has 37 heavy (non-hydrogen) atoms. The van der Waals surface area contributed by atoms with E-state index < -0.39 is 0 Å². The molecule has 0 aliphatic carbocycles. The summed E-state index contributed by atoms with van der Waals surface area (Å²) in [6.45, 7) is 3.22. The molecule has 8 nitrogen and oxygen atoms in total. The smallest absolute Gasteiger partial charge is 0.254 e. The van der Waals surface area contributed by atoms with Crippen LogP contribution in [-0.4, -0.2) is 55.6 Å². The van der Waals surface area contributed by atoms with Gasteiger partial charge in [-0.3, -0.25) is 9.78 Å². The van der Waals surface area contributed by atoms with E-state index in [9.17, 15) is 4.79 Å². The van der Waals surface area contributed by atoms with Gasteiger partial charge in [0.2, 0.25) is 0 Å². The van der Waals surface area contributed by atoms with Crippen LogP contribution in [0.1, 0.15) is 28.8 Å². The molecule has 8 heteroatoms. The van der Waals surface area contributed by atoms with E-state index in [4.69, 9.17) is 15.5 Å². The molecule has 1 atom stereocenters. The molecular formula is C29H28N6O2. The maximum Gasteiger partial charge on any atom is 0.254 e. The van der Waals surface area contributed by atoms with Crippen LogP contribution in [0.4, 0.5) is 0 Å². The van der Waals surface area contributed by atoms with E-state index in [-0.39, 0.29) is 11.9 Å². The Morgan fingerprint density at radius 3 is 2.89 bits per heavy atom. The third kappa shape index (κ3) is 3.76. The van der Waals surface area contributed by atoms with Crippen LogP contribution in [0.15, 0.2) is 67.0 Å². The van der Waals surface area contributed by atoms with Crippen molar-refractivity contribution in [1.82, 2.24) is 24.0 Å². The van der Waals surface area contributed by atoms with Crippen molar-refractivity contribution < 1.29 is 9.53 Å². The fourth-order valence-corrected chi connectivity index (χ4v) is 5.74. The number of amides is 1. The third-order valence-electron chi connectivity index (χ3n) is 7.47. The Balaban J connectivity index is 1.37. The summed E-state index contributed by atoms with van der Waals surface area (Å²) in [6, 6.07) is 18.5. The molecule has 5 heterocycles. The van der Waals surface area contributed by atoms with Crippen LogP contribution < -0.4 is 10.5 Å². The first-order valence-corrected chi connectivity index (χ1v) is 12.9. The zero-order chi connectivity index (χ0) is 24.9. The number of nitrogens with two attached hydrogens (primary N) is 1. The van der Waals surface area contributed by atoms with E-state index in [1.165, 1.54) is 0 Å². The van der Waals surface area contributed by atoms with E-state index >= 15 is 0 Å². The lowest BCUT2D eigenvalue weighted by molar-refractivity contribution is 0.0708. The number of fused-ring (bicyclic) bond motifs is 1. The normalized spacial score (nSPS) is 17.3. The van der Waals surface area contributed by atoms with Crippen LogP contribution in [0.3, 0.4) is 0 Å². The van der Waals surface area contributed by atoms with Crippen LogP contribution in [0.25, 0.3) is 33.5 Å². The van der Waals surface area contributed by atoms with E-state index in [0.29, 0.717) is 37.6 Å². The van der Waals surface area contributed by atoms with Gasteiger partial charge in [0.25, 0.3) is 5.91 Å². The first-order valence-electron chi connectivity index (χ1n) is 12.9. The molecule has 2 aliphatic heterocycles. The predicted octanol–water partition coefficient (Wildman–Crippen LogP) is 4.06. The highest BCUT2D eigenvalue weighted by Crippen LogP contribution is 2.37. The molecule has 0 saturated carbocycles. The van der Waals surface area contributed by atoms with Crippen molar-refractivity contribution in [3.05, 3.63) is 78.1 Å². The number of aromatic nitrogens is 4. The Morgan fingerprint density at radius 2 is 2.03 bits per heavy atom. The van der Waals surface area contributed by atoms with Gasteiger partial charge in [-0.25, -0.2) is 4.98 Å². The number of likely N-dealkylation sites (tertiary alicyclic amines) is 1. The number of carbonyl (C=O) groups excluding carboxylic acids is 1. The molecular weight excluding hydrogens is 464 g/mol. The van der Waals surface area contributed by atoms with Crippen molar-refractivity contribution in [1.29, 1.82) is 0 Å². The Bertz CT molecular complexity index is 1640. The average Bonchev–Trinajstić information content (AvgIpc) is 3.48. The molecule has 0 radical (unpaired) electrons. The maximum absolute atomic E-state index is 13.4. The summed E-state index contributed by atoms with van der Waals surface area (Å²) in [4.78, 5) is 24.7. The van der Waals surface area contributed by atoms with Crippen molar-refractivity contribution >= 4 is 27.8 Å². The average molecular weight is 493 g/mol. The molecule has 0 bridgehead atoms. The molecule has 1 saturated heterocycles. The number of imidazole rings is 1. The van der Waals surface area contributed by atoms with Gasteiger partial charge < -0.3 is 24.5 Å². The SMILES string of the molecule is N[C@@H]1CCCN(C(=O)c2cc3c4c(c2)nc(-c2cc5ccccc5n2Cc2cccnc2)n4CCO3)C1. The first-order chi connectivity index (χ1) is 18.2. The van der Waals surface area contributed by atoms with Gasteiger partial charge in [0.15, 0.2) is 5.82 Å².